The van der Waals surface area contributed by atoms with Crippen molar-refractivity contribution in [1.82, 2.24) is 5.32 Å². The van der Waals surface area contributed by atoms with Crippen molar-refractivity contribution in [3.8, 4) is 0 Å². The van der Waals surface area contributed by atoms with Gasteiger partial charge in [0.2, 0.25) is 5.91 Å². The maximum atomic E-state index is 11.2. The third-order valence-electron chi connectivity index (χ3n) is 3.20. The van der Waals surface area contributed by atoms with E-state index in [9.17, 15) is 4.79 Å². The number of rotatable bonds is 5. The van der Waals surface area contributed by atoms with Gasteiger partial charge in [0.05, 0.1) is 0 Å². The monoisotopic (exact) mass is 247 g/mol. The summed E-state index contributed by atoms with van der Waals surface area (Å²) < 4.78 is 0. The highest BCUT2D eigenvalue weighted by atomic mass is 16.1. The smallest absolute Gasteiger partial charge is 0.224 e. The van der Waals surface area contributed by atoms with Gasteiger partial charge in [-0.3, -0.25) is 4.79 Å². The van der Waals surface area contributed by atoms with Crippen molar-refractivity contribution in [3.05, 3.63) is 24.3 Å². The van der Waals surface area contributed by atoms with Crippen LogP contribution in [-0.2, 0) is 4.79 Å². The van der Waals surface area contributed by atoms with Crippen molar-refractivity contribution in [2.75, 3.05) is 23.7 Å². The van der Waals surface area contributed by atoms with Gasteiger partial charge < -0.3 is 16.0 Å². The zero-order valence-corrected chi connectivity index (χ0v) is 10.8. The van der Waals surface area contributed by atoms with Gasteiger partial charge in [0.25, 0.3) is 0 Å². The van der Waals surface area contributed by atoms with E-state index in [-0.39, 0.29) is 5.91 Å². The molecule has 3 N–H and O–H groups in total. The summed E-state index contributed by atoms with van der Waals surface area (Å²) in [6.07, 6.45) is 3.03. The minimum absolute atomic E-state index is 0.0471. The van der Waals surface area contributed by atoms with Gasteiger partial charge >= 0.3 is 0 Å². The van der Waals surface area contributed by atoms with Crippen molar-refractivity contribution >= 4 is 17.3 Å². The van der Waals surface area contributed by atoms with Gasteiger partial charge in [0.1, 0.15) is 0 Å². The van der Waals surface area contributed by atoms with Gasteiger partial charge in [-0.2, -0.15) is 0 Å². The molecule has 4 nitrogen and oxygen atoms in total. The first-order chi connectivity index (χ1) is 8.78. The van der Waals surface area contributed by atoms with Crippen LogP contribution in [0.25, 0.3) is 0 Å². The number of hydrogen-bond acceptors (Lipinski definition) is 3. The summed E-state index contributed by atoms with van der Waals surface area (Å²) in [7, 11) is 0. The van der Waals surface area contributed by atoms with E-state index in [0.717, 1.165) is 24.5 Å². The quantitative estimate of drug-likeness (QED) is 0.747. The summed E-state index contributed by atoms with van der Waals surface area (Å²) in [5.41, 5.74) is 1.95. The van der Waals surface area contributed by atoms with Crippen LogP contribution in [0.2, 0.25) is 0 Å². The maximum Gasteiger partial charge on any atom is 0.224 e. The molecule has 1 aromatic rings. The third-order valence-corrected chi connectivity index (χ3v) is 3.20. The van der Waals surface area contributed by atoms with Crippen LogP contribution < -0.4 is 16.0 Å². The van der Waals surface area contributed by atoms with Crippen molar-refractivity contribution in [3.63, 3.8) is 0 Å². The second kappa shape index (κ2) is 6.40. The van der Waals surface area contributed by atoms with Crippen LogP contribution in [0.5, 0.6) is 0 Å². The molecule has 0 aliphatic carbocycles. The zero-order valence-electron chi connectivity index (χ0n) is 10.8. The summed E-state index contributed by atoms with van der Waals surface area (Å²) in [6, 6.07) is 8.45. The molecule has 1 aliphatic heterocycles. The minimum Gasteiger partial charge on any atom is -0.383 e. The van der Waals surface area contributed by atoms with Gasteiger partial charge in [-0.1, -0.05) is 6.92 Å². The van der Waals surface area contributed by atoms with E-state index in [4.69, 9.17) is 0 Å². The van der Waals surface area contributed by atoms with Crippen LogP contribution >= 0.6 is 0 Å². The third kappa shape index (κ3) is 3.74. The van der Waals surface area contributed by atoms with Crippen LogP contribution in [0.15, 0.2) is 24.3 Å². The summed E-state index contributed by atoms with van der Waals surface area (Å²) in [5.74, 6) is 0.0471. The summed E-state index contributed by atoms with van der Waals surface area (Å²) in [4.78, 5) is 11.2. The molecule has 1 amide bonds. The Morgan fingerprint density at radius 2 is 2.06 bits per heavy atom. The van der Waals surface area contributed by atoms with E-state index < -0.39 is 0 Å². The van der Waals surface area contributed by atoms with Crippen LogP contribution in [0.4, 0.5) is 11.4 Å². The lowest BCUT2D eigenvalue weighted by molar-refractivity contribution is -0.115. The molecule has 4 heteroatoms. The first kappa shape index (κ1) is 12.9. The Hall–Kier alpha value is -1.55. The molecular weight excluding hydrogens is 226 g/mol. The standard InChI is InChI=1S/C14H21N3O/c1-2-14(18)17-12-7-5-11(6-8-12)16-10-13-4-3-9-15-13/h5-8,13,15-16H,2-4,9-10H2,1H3,(H,17,18). The van der Waals surface area contributed by atoms with E-state index >= 15 is 0 Å². The second-order valence-corrected chi connectivity index (χ2v) is 4.65. The first-order valence-electron chi connectivity index (χ1n) is 6.65. The van der Waals surface area contributed by atoms with Crippen molar-refractivity contribution < 1.29 is 4.79 Å². The lowest BCUT2D eigenvalue weighted by Crippen LogP contribution is -2.29. The maximum absolute atomic E-state index is 11.2. The molecule has 18 heavy (non-hydrogen) atoms. The fraction of sp³-hybridized carbons (Fsp3) is 0.500. The molecule has 1 saturated heterocycles. The fourth-order valence-electron chi connectivity index (χ4n) is 2.09. The number of carbonyl (C=O) groups is 1. The van der Waals surface area contributed by atoms with Gasteiger partial charge in [0.15, 0.2) is 0 Å². The van der Waals surface area contributed by atoms with Gasteiger partial charge in [0, 0.05) is 30.4 Å². The lowest BCUT2D eigenvalue weighted by Gasteiger charge is -2.13. The Kier molecular flexibility index (Phi) is 4.59. The van der Waals surface area contributed by atoms with Crippen molar-refractivity contribution in [2.24, 2.45) is 0 Å². The molecule has 0 saturated carbocycles. The van der Waals surface area contributed by atoms with E-state index in [1.807, 2.05) is 31.2 Å². The first-order valence-corrected chi connectivity index (χ1v) is 6.65. The van der Waals surface area contributed by atoms with Crippen molar-refractivity contribution in [1.29, 1.82) is 0 Å². The number of nitrogens with one attached hydrogen (secondary N) is 3. The Morgan fingerprint density at radius 1 is 1.33 bits per heavy atom. The molecule has 1 fully saturated rings. The summed E-state index contributed by atoms with van der Waals surface area (Å²) in [6.45, 7) is 3.94. The molecule has 0 radical (unpaired) electrons. The van der Waals surface area contributed by atoms with Crippen LogP contribution in [-0.4, -0.2) is 25.0 Å². The SMILES string of the molecule is CCC(=O)Nc1ccc(NCC2CCCN2)cc1. The van der Waals surface area contributed by atoms with Gasteiger partial charge in [-0.15, -0.1) is 0 Å². The Labute approximate surface area is 108 Å². The molecular formula is C14H21N3O. The average molecular weight is 247 g/mol. The number of carbonyl (C=O) groups excluding carboxylic acids is 1. The van der Waals surface area contributed by atoms with Crippen molar-refractivity contribution in [2.45, 2.75) is 32.2 Å². The highest BCUT2D eigenvalue weighted by Crippen LogP contribution is 2.14. The van der Waals surface area contributed by atoms with Gasteiger partial charge in [-0.05, 0) is 43.7 Å². The zero-order chi connectivity index (χ0) is 12.8. The summed E-state index contributed by atoms with van der Waals surface area (Å²) >= 11 is 0. The Bertz CT molecular complexity index is 383. The molecule has 0 aromatic heterocycles. The lowest BCUT2D eigenvalue weighted by atomic mass is 10.2. The van der Waals surface area contributed by atoms with Crippen LogP contribution in [0.1, 0.15) is 26.2 Å². The van der Waals surface area contributed by atoms with E-state index in [2.05, 4.69) is 16.0 Å². The molecule has 0 bridgehead atoms. The molecule has 98 valence electrons. The number of amides is 1. The average Bonchev–Trinajstić information content (AvgIpc) is 2.91. The molecule has 1 heterocycles. The molecule has 2 rings (SSSR count). The predicted octanol–water partition coefficient (Wildman–Crippen LogP) is 2.20. The fourth-order valence-corrected chi connectivity index (χ4v) is 2.09. The number of hydrogen-bond donors (Lipinski definition) is 3. The van der Waals surface area contributed by atoms with E-state index in [0.29, 0.717) is 12.5 Å². The molecule has 1 atom stereocenters. The molecule has 1 unspecified atom stereocenters. The Morgan fingerprint density at radius 3 is 2.67 bits per heavy atom. The molecule has 1 aromatic carbocycles. The van der Waals surface area contributed by atoms with Crippen LogP contribution in [0.3, 0.4) is 0 Å². The Balaban J connectivity index is 1.81. The van der Waals surface area contributed by atoms with E-state index in [1.165, 1.54) is 12.8 Å². The highest BCUT2D eigenvalue weighted by molar-refractivity contribution is 5.90. The minimum atomic E-state index is 0.0471. The number of benzene rings is 1. The highest BCUT2D eigenvalue weighted by Gasteiger charge is 2.12. The summed E-state index contributed by atoms with van der Waals surface area (Å²) in [5, 5.41) is 9.70. The topological polar surface area (TPSA) is 53.2 Å². The van der Waals surface area contributed by atoms with Crippen LogP contribution in [0, 0.1) is 0 Å². The van der Waals surface area contributed by atoms with Gasteiger partial charge in [-0.25, -0.2) is 0 Å². The second-order valence-electron chi connectivity index (χ2n) is 4.65. The molecule has 1 aliphatic rings. The van der Waals surface area contributed by atoms with E-state index in [1.54, 1.807) is 0 Å². The normalized spacial score (nSPS) is 18.6. The predicted molar refractivity (Wildman–Crippen MR) is 74.9 cm³/mol. The molecule has 0 spiro atoms. The largest absolute Gasteiger partial charge is 0.383 e. The number of anilines is 2.